The predicted molar refractivity (Wildman–Crippen MR) is 106 cm³/mol. The van der Waals surface area contributed by atoms with E-state index in [1.165, 1.54) is 26.4 Å². The van der Waals surface area contributed by atoms with Gasteiger partial charge < -0.3 is 15.4 Å². The van der Waals surface area contributed by atoms with Gasteiger partial charge in [0.25, 0.3) is 17.7 Å². The maximum atomic E-state index is 13.8. The van der Waals surface area contributed by atoms with Crippen LogP contribution in [0.25, 0.3) is 0 Å². The molecule has 2 amide bonds. The molecule has 3 N–H and O–H groups in total. The number of benzene rings is 1. The lowest BCUT2D eigenvalue weighted by Gasteiger charge is -2.34. The number of amides is 2. The summed E-state index contributed by atoms with van der Waals surface area (Å²) in [4.78, 5) is 33.8. The zero-order valence-electron chi connectivity index (χ0n) is 17.0. The fraction of sp³-hybridized carbons (Fsp3) is 0.300. The summed E-state index contributed by atoms with van der Waals surface area (Å²) in [6.07, 6.45) is -3.01. The third-order valence-electron chi connectivity index (χ3n) is 5.28. The Morgan fingerprint density at radius 2 is 1.88 bits per heavy atom. The van der Waals surface area contributed by atoms with Gasteiger partial charge in [0.2, 0.25) is 0 Å². The molecule has 1 aromatic carbocycles. The van der Waals surface area contributed by atoms with Crippen molar-refractivity contribution in [1.29, 1.82) is 0 Å². The molecular weight excluding hydrogens is 429 g/mol. The number of anilines is 1. The number of aromatic nitrogens is 2. The first-order valence-corrected chi connectivity index (χ1v) is 9.57. The number of methoxy groups -OCH3 is 1. The Morgan fingerprint density at radius 3 is 2.53 bits per heavy atom. The van der Waals surface area contributed by atoms with E-state index in [2.05, 4.69) is 26.0 Å². The highest BCUT2D eigenvalue weighted by molar-refractivity contribution is 6.23. The van der Waals surface area contributed by atoms with E-state index in [0.717, 1.165) is 5.01 Å². The van der Waals surface area contributed by atoms with Crippen LogP contribution in [0.2, 0.25) is 0 Å². The Bertz CT molecular complexity index is 1080. The lowest BCUT2D eigenvalue weighted by molar-refractivity contribution is -0.161. The lowest BCUT2D eigenvalue weighted by Crippen LogP contribution is -2.56. The second kappa shape index (κ2) is 8.11. The second-order valence-electron chi connectivity index (χ2n) is 7.22. The van der Waals surface area contributed by atoms with Gasteiger partial charge in [0.15, 0.2) is 5.82 Å². The van der Waals surface area contributed by atoms with Gasteiger partial charge in [-0.1, -0.05) is 30.3 Å². The van der Waals surface area contributed by atoms with Crippen molar-refractivity contribution in [3.8, 4) is 5.88 Å². The normalized spacial score (nSPS) is 23.0. The number of hydrogen-bond donors (Lipinski definition) is 3. The van der Waals surface area contributed by atoms with Crippen molar-refractivity contribution in [2.24, 2.45) is 0 Å². The van der Waals surface area contributed by atoms with Crippen LogP contribution in [0.5, 0.6) is 5.88 Å². The Labute approximate surface area is 180 Å². The first kappa shape index (κ1) is 21.6. The molecule has 1 aromatic heterocycles. The molecule has 32 heavy (non-hydrogen) atoms. The van der Waals surface area contributed by atoms with Gasteiger partial charge >= 0.3 is 6.18 Å². The maximum Gasteiger partial charge on any atom is 0.406 e. The molecule has 2 aliphatic heterocycles. The number of ether oxygens (including phenoxy) is 1. The van der Waals surface area contributed by atoms with E-state index in [1.807, 2.05) is 0 Å². The van der Waals surface area contributed by atoms with Gasteiger partial charge in [-0.15, -0.1) is 0 Å². The SMILES string of the molecule is COc1nccnc1NC(=O)C1=C(C)NC2C(c3ccccc3)C(C(F)(F)F)NN2C1=O. The van der Waals surface area contributed by atoms with Crippen LogP contribution in [0.3, 0.4) is 0 Å². The molecule has 1 saturated heterocycles. The molecule has 0 radical (unpaired) electrons. The van der Waals surface area contributed by atoms with Crippen molar-refractivity contribution >= 4 is 17.6 Å². The van der Waals surface area contributed by atoms with E-state index in [4.69, 9.17) is 4.74 Å². The minimum atomic E-state index is -4.64. The molecule has 9 nitrogen and oxygen atoms in total. The predicted octanol–water partition coefficient (Wildman–Crippen LogP) is 1.69. The minimum Gasteiger partial charge on any atom is -0.478 e. The van der Waals surface area contributed by atoms with Gasteiger partial charge in [-0.05, 0) is 12.5 Å². The van der Waals surface area contributed by atoms with Crippen LogP contribution in [-0.4, -0.2) is 52.3 Å². The van der Waals surface area contributed by atoms with Gasteiger partial charge in [-0.25, -0.2) is 20.4 Å². The summed E-state index contributed by atoms with van der Waals surface area (Å²) in [5, 5.41) is 6.15. The van der Waals surface area contributed by atoms with Crippen molar-refractivity contribution in [3.05, 3.63) is 59.6 Å². The lowest BCUT2D eigenvalue weighted by atomic mass is 9.89. The minimum absolute atomic E-state index is 0.0220. The molecule has 0 saturated carbocycles. The number of carbonyl (C=O) groups excluding carboxylic acids is 2. The summed E-state index contributed by atoms with van der Waals surface area (Å²) < 4.78 is 46.5. The number of rotatable bonds is 4. The van der Waals surface area contributed by atoms with Crippen LogP contribution >= 0.6 is 0 Å². The fourth-order valence-electron chi connectivity index (χ4n) is 3.89. The van der Waals surface area contributed by atoms with Crippen LogP contribution < -0.4 is 20.8 Å². The zero-order valence-corrected chi connectivity index (χ0v) is 17.0. The quantitative estimate of drug-likeness (QED) is 0.611. The van der Waals surface area contributed by atoms with E-state index in [0.29, 0.717) is 5.56 Å². The van der Waals surface area contributed by atoms with Crippen molar-refractivity contribution in [1.82, 2.24) is 25.7 Å². The van der Waals surface area contributed by atoms with Gasteiger partial charge in [0.05, 0.1) is 13.0 Å². The Balaban J connectivity index is 1.67. The van der Waals surface area contributed by atoms with E-state index >= 15 is 0 Å². The molecule has 3 heterocycles. The van der Waals surface area contributed by atoms with E-state index in [1.54, 1.807) is 30.3 Å². The Kier molecular flexibility index (Phi) is 5.46. The number of halogens is 3. The number of hydrogen-bond acceptors (Lipinski definition) is 7. The smallest absolute Gasteiger partial charge is 0.406 e. The molecule has 2 aromatic rings. The van der Waals surface area contributed by atoms with Gasteiger partial charge in [0, 0.05) is 18.1 Å². The van der Waals surface area contributed by atoms with Crippen molar-refractivity contribution in [2.75, 3.05) is 12.4 Å². The highest BCUT2D eigenvalue weighted by Crippen LogP contribution is 2.41. The number of hydrazine groups is 1. The molecule has 0 bridgehead atoms. The van der Waals surface area contributed by atoms with Crippen LogP contribution in [-0.2, 0) is 9.59 Å². The summed E-state index contributed by atoms with van der Waals surface area (Å²) in [5.74, 6) is -2.88. The number of fused-ring (bicyclic) bond motifs is 1. The number of nitrogens with one attached hydrogen (secondary N) is 3. The number of alkyl halides is 3. The van der Waals surface area contributed by atoms with Gasteiger partial charge in [0.1, 0.15) is 17.8 Å². The molecule has 168 valence electrons. The number of allylic oxidation sites excluding steroid dienone is 1. The molecule has 2 aliphatic rings. The Hall–Kier alpha value is -3.67. The molecule has 1 fully saturated rings. The van der Waals surface area contributed by atoms with E-state index in [9.17, 15) is 22.8 Å². The summed E-state index contributed by atoms with van der Waals surface area (Å²) in [7, 11) is 1.33. The third-order valence-corrected chi connectivity index (χ3v) is 5.28. The van der Waals surface area contributed by atoms with E-state index < -0.39 is 36.1 Å². The van der Waals surface area contributed by atoms with Crippen LogP contribution in [0.15, 0.2) is 54.0 Å². The molecule has 3 atom stereocenters. The van der Waals surface area contributed by atoms with Crippen molar-refractivity contribution in [2.45, 2.75) is 31.2 Å². The summed E-state index contributed by atoms with van der Waals surface area (Å²) >= 11 is 0. The fourth-order valence-corrected chi connectivity index (χ4v) is 3.89. The van der Waals surface area contributed by atoms with Gasteiger partial charge in [-0.2, -0.15) is 13.2 Å². The monoisotopic (exact) mass is 448 g/mol. The summed E-state index contributed by atoms with van der Waals surface area (Å²) in [6.45, 7) is 1.46. The zero-order chi connectivity index (χ0) is 23.0. The number of nitrogens with zero attached hydrogens (tertiary/aromatic N) is 3. The summed E-state index contributed by atoms with van der Waals surface area (Å²) in [5.41, 5.74) is 2.45. The Morgan fingerprint density at radius 1 is 1.19 bits per heavy atom. The summed E-state index contributed by atoms with van der Waals surface area (Å²) in [6, 6.07) is 6.07. The standard InChI is InChI=1S/C20H19F3N6O3/c1-10-12(17(30)27-15-18(32-2)25-9-8-24-15)19(31)29-16(26-10)13(11-6-4-3-5-7-11)14(28-29)20(21,22)23/h3-9,13-14,16,26,28H,1-2H3,(H,24,27,30). The van der Waals surface area contributed by atoms with Crippen LogP contribution in [0.4, 0.5) is 19.0 Å². The highest BCUT2D eigenvalue weighted by Gasteiger charge is 2.58. The topological polar surface area (TPSA) is 108 Å². The van der Waals surface area contributed by atoms with Crippen LogP contribution in [0.1, 0.15) is 18.4 Å². The molecule has 0 spiro atoms. The first-order chi connectivity index (χ1) is 15.2. The molecule has 3 unspecified atom stereocenters. The average molecular weight is 448 g/mol. The maximum absolute atomic E-state index is 13.8. The molecular formula is C20H19F3N6O3. The van der Waals surface area contributed by atoms with Crippen molar-refractivity contribution < 1.29 is 27.5 Å². The second-order valence-corrected chi connectivity index (χ2v) is 7.22. The average Bonchev–Trinajstić information content (AvgIpc) is 3.15. The first-order valence-electron chi connectivity index (χ1n) is 9.57. The molecule has 0 aliphatic carbocycles. The van der Waals surface area contributed by atoms with Crippen molar-refractivity contribution in [3.63, 3.8) is 0 Å². The van der Waals surface area contributed by atoms with Crippen LogP contribution in [0, 0.1) is 0 Å². The molecule has 12 heteroatoms. The highest BCUT2D eigenvalue weighted by atomic mass is 19.4. The third kappa shape index (κ3) is 3.73. The molecule has 4 rings (SSSR count). The van der Waals surface area contributed by atoms with E-state index in [-0.39, 0.29) is 23.0 Å². The van der Waals surface area contributed by atoms with Gasteiger partial charge in [-0.3, -0.25) is 9.59 Å². The largest absolute Gasteiger partial charge is 0.478 e. The number of carbonyl (C=O) groups is 2.